The lowest BCUT2D eigenvalue weighted by Crippen LogP contribution is -2.49. The molecule has 1 heterocycles. The Balaban J connectivity index is 2.73. The van der Waals surface area contributed by atoms with E-state index in [0.29, 0.717) is 10.8 Å². The van der Waals surface area contributed by atoms with Crippen LogP contribution in [0.15, 0.2) is 4.42 Å². The fourth-order valence-electron chi connectivity index (χ4n) is 2.42. The molecule has 3 rings (SSSR count). The molecule has 3 aromatic rings. The van der Waals surface area contributed by atoms with Gasteiger partial charge in [0.2, 0.25) is 0 Å². The SMILES string of the molecule is [B]c1c([B])c([B])c2c(oc3c([B])c([B])c([B])c([B])c32)c1[B]. The van der Waals surface area contributed by atoms with Gasteiger partial charge >= 0.3 is 0 Å². The second kappa shape index (κ2) is 4.63. The summed E-state index contributed by atoms with van der Waals surface area (Å²) in [4.78, 5) is 0. The lowest BCUT2D eigenvalue weighted by atomic mass is 9.63. The van der Waals surface area contributed by atoms with Crippen LogP contribution in [0.4, 0.5) is 0 Å². The lowest BCUT2D eigenvalue weighted by molar-refractivity contribution is 0.675. The molecule has 0 fully saturated rings. The van der Waals surface area contributed by atoms with E-state index in [9.17, 15) is 0 Å². The zero-order chi connectivity index (χ0) is 15.6. The maximum Gasteiger partial charge on any atom is 0.127 e. The van der Waals surface area contributed by atoms with E-state index in [1.54, 1.807) is 0 Å². The second-order valence-corrected chi connectivity index (χ2v) is 4.82. The summed E-state index contributed by atoms with van der Waals surface area (Å²) in [6.07, 6.45) is 0. The zero-order valence-electron chi connectivity index (χ0n) is 11.0. The minimum atomic E-state index is 0.136. The molecule has 0 atom stereocenters. The van der Waals surface area contributed by atoms with Crippen LogP contribution in [0.5, 0.6) is 0 Å². The van der Waals surface area contributed by atoms with Crippen LogP contribution < -0.4 is 43.7 Å². The van der Waals surface area contributed by atoms with Crippen molar-refractivity contribution in [1.29, 1.82) is 0 Å². The van der Waals surface area contributed by atoms with Crippen molar-refractivity contribution in [2.45, 2.75) is 0 Å². The molecule has 0 saturated carbocycles. The number of hydrogen-bond donors (Lipinski definition) is 0. The summed E-state index contributed by atoms with van der Waals surface area (Å²) in [5, 5.41) is 0.843. The summed E-state index contributed by atoms with van der Waals surface area (Å²) in [7, 11) is 47.2. The van der Waals surface area contributed by atoms with Crippen molar-refractivity contribution in [2.24, 2.45) is 0 Å². The largest absolute Gasteiger partial charge is 0.457 e. The maximum absolute atomic E-state index is 6.02. The Morgan fingerprint density at radius 3 is 1.00 bits per heavy atom. The van der Waals surface area contributed by atoms with Gasteiger partial charge in [-0.3, -0.25) is 0 Å². The third-order valence-electron chi connectivity index (χ3n) is 3.68. The summed E-state index contributed by atoms with van der Waals surface area (Å²) in [5.74, 6) is 0. The van der Waals surface area contributed by atoms with Gasteiger partial charge in [-0.15, -0.1) is 21.9 Å². The van der Waals surface area contributed by atoms with E-state index >= 15 is 0 Å². The fourth-order valence-corrected chi connectivity index (χ4v) is 2.42. The number of furan rings is 1. The molecule has 0 N–H and O–H groups in total. The number of benzene rings is 2. The molecule has 0 bridgehead atoms. The molecule has 78 valence electrons. The summed E-state index contributed by atoms with van der Waals surface area (Å²) < 4.78 is 5.67. The standard InChI is InChI=1S/C12B8O/c13-3-1-2-4(14)6(16)8(18)10(20)12(2)21-11(1)9(19)7(17)5(3)15. The Bertz CT molecular complexity index is 853. The van der Waals surface area contributed by atoms with Crippen LogP contribution in [0.3, 0.4) is 0 Å². The van der Waals surface area contributed by atoms with Gasteiger partial charge < -0.3 is 4.42 Å². The zero-order valence-corrected chi connectivity index (χ0v) is 11.0. The monoisotopic (exact) mass is 248 g/mol. The topological polar surface area (TPSA) is 13.1 Å². The average Bonchev–Trinajstić information content (AvgIpc) is 2.87. The minimum absolute atomic E-state index is 0.136. The van der Waals surface area contributed by atoms with Crippen LogP contribution in [0.2, 0.25) is 0 Å². The molecular weight excluding hydrogens is 247 g/mol. The molecule has 9 heteroatoms. The van der Waals surface area contributed by atoms with E-state index < -0.39 is 0 Å². The van der Waals surface area contributed by atoms with Crippen LogP contribution in [-0.4, -0.2) is 62.8 Å². The van der Waals surface area contributed by atoms with Crippen molar-refractivity contribution >= 4 is 128 Å². The molecule has 0 aliphatic rings. The van der Waals surface area contributed by atoms with Gasteiger partial charge in [0.1, 0.15) is 73.9 Å². The summed E-state index contributed by atoms with van der Waals surface area (Å²) in [6.45, 7) is 0. The molecule has 0 aliphatic heterocycles. The highest BCUT2D eigenvalue weighted by Crippen LogP contribution is 2.21. The number of hydrogen-bond acceptors (Lipinski definition) is 1. The Morgan fingerprint density at radius 2 is 0.667 bits per heavy atom. The summed E-state index contributed by atoms with van der Waals surface area (Å²) in [5.41, 5.74) is 1.78. The molecule has 16 radical (unpaired) electrons. The number of rotatable bonds is 0. The van der Waals surface area contributed by atoms with Crippen molar-refractivity contribution < 1.29 is 4.42 Å². The molecular formula is C12B8O. The van der Waals surface area contributed by atoms with Gasteiger partial charge in [-0.2, -0.15) is 0 Å². The third-order valence-corrected chi connectivity index (χ3v) is 3.68. The van der Waals surface area contributed by atoms with Gasteiger partial charge in [-0.05, 0) is 0 Å². The molecule has 0 amide bonds. The first-order valence-electron chi connectivity index (χ1n) is 5.97. The van der Waals surface area contributed by atoms with Gasteiger partial charge in [-0.25, -0.2) is 0 Å². The highest BCUT2D eigenvalue weighted by atomic mass is 16.3. The smallest absolute Gasteiger partial charge is 0.127 e. The van der Waals surface area contributed by atoms with E-state index in [2.05, 4.69) is 0 Å². The predicted octanol–water partition coefficient (Wildman–Crippen LogP) is -6.06. The van der Waals surface area contributed by atoms with Crippen molar-refractivity contribution in [1.82, 2.24) is 0 Å². The van der Waals surface area contributed by atoms with Crippen LogP contribution in [0.25, 0.3) is 21.9 Å². The van der Waals surface area contributed by atoms with Gasteiger partial charge in [0.05, 0.1) is 0 Å². The predicted molar refractivity (Wildman–Crippen MR) is 96.8 cm³/mol. The van der Waals surface area contributed by atoms with E-state index in [0.717, 1.165) is 0 Å². The normalized spacial score (nSPS) is 11.4. The Labute approximate surface area is 133 Å². The van der Waals surface area contributed by atoms with E-state index in [-0.39, 0.29) is 54.9 Å². The van der Waals surface area contributed by atoms with Crippen molar-refractivity contribution in [3.8, 4) is 0 Å². The molecule has 1 aromatic heterocycles. The third kappa shape index (κ3) is 1.76. The average molecular weight is 247 g/mol. The molecule has 21 heavy (non-hydrogen) atoms. The first kappa shape index (κ1) is 14.7. The summed E-state index contributed by atoms with van der Waals surface area (Å²) in [6, 6.07) is 0. The lowest BCUT2D eigenvalue weighted by Gasteiger charge is -2.14. The Kier molecular flexibility index (Phi) is 3.24. The van der Waals surface area contributed by atoms with E-state index in [1.807, 2.05) is 0 Å². The molecule has 2 aromatic carbocycles. The molecule has 0 spiro atoms. The first-order chi connectivity index (χ1) is 9.77. The number of fused-ring (bicyclic) bond motifs is 3. The van der Waals surface area contributed by atoms with Crippen LogP contribution in [0.1, 0.15) is 0 Å². The van der Waals surface area contributed by atoms with E-state index in [4.69, 9.17) is 67.2 Å². The van der Waals surface area contributed by atoms with Gasteiger partial charge in [0.25, 0.3) is 0 Å². The fraction of sp³-hybridized carbons (Fsp3) is 0. The molecule has 0 unspecified atom stereocenters. The summed E-state index contributed by atoms with van der Waals surface area (Å²) >= 11 is 0. The first-order valence-corrected chi connectivity index (χ1v) is 5.97. The highest BCUT2D eigenvalue weighted by molar-refractivity contribution is 6.70. The van der Waals surface area contributed by atoms with Crippen molar-refractivity contribution in [2.75, 3.05) is 0 Å². The van der Waals surface area contributed by atoms with Crippen LogP contribution in [0, 0.1) is 0 Å². The Morgan fingerprint density at radius 1 is 0.381 bits per heavy atom. The maximum atomic E-state index is 6.02. The van der Waals surface area contributed by atoms with Gasteiger partial charge in [-0.1, -0.05) is 21.9 Å². The van der Waals surface area contributed by atoms with Gasteiger partial charge in [0, 0.05) is 10.8 Å². The second-order valence-electron chi connectivity index (χ2n) is 4.82. The quantitative estimate of drug-likeness (QED) is 0.360. The molecule has 0 aliphatic carbocycles. The minimum Gasteiger partial charge on any atom is -0.457 e. The van der Waals surface area contributed by atoms with Crippen molar-refractivity contribution in [3.05, 3.63) is 0 Å². The van der Waals surface area contributed by atoms with Crippen LogP contribution >= 0.6 is 0 Å². The Hall–Kier alpha value is -1.24. The van der Waals surface area contributed by atoms with E-state index in [1.165, 1.54) is 0 Å². The molecule has 0 saturated heterocycles. The highest BCUT2D eigenvalue weighted by Gasteiger charge is 2.19. The van der Waals surface area contributed by atoms with Gasteiger partial charge in [0.15, 0.2) is 0 Å². The van der Waals surface area contributed by atoms with Crippen molar-refractivity contribution in [3.63, 3.8) is 0 Å². The molecule has 1 nitrogen and oxygen atoms in total. The van der Waals surface area contributed by atoms with Crippen LogP contribution in [-0.2, 0) is 0 Å².